The lowest BCUT2D eigenvalue weighted by atomic mass is 10.3. The second-order valence-corrected chi connectivity index (χ2v) is 5.31. The number of fused-ring (bicyclic) bond motifs is 1. The van der Waals surface area contributed by atoms with Crippen molar-refractivity contribution in [1.82, 2.24) is 20.0 Å². The summed E-state index contributed by atoms with van der Waals surface area (Å²) >= 11 is 0. The predicted octanol–water partition coefficient (Wildman–Crippen LogP) is 2.76. The average molecular weight is 439 g/mol. The van der Waals surface area contributed by atoms with Gasteiger partial charge in [0.25, 0.3) is 0 Å². The monoisotopic (exact) mass is 439 g/mol. The molecule has 6 nitrogen and oxygen atoms in total. The molecule has 3 heterocycles. The molecule has 0 radical (unpaired) electrons. The number of hydrogen-bond donors (Lipinski definition) is 2. The van der Waals surface area contributed by atoms with Gasteiger partial charge in [0.15, 0.2) is 5.96 Å². The first kappa shape index (κ1) is 18.3. The standard InChI is InChI=1S/C17H21N5O.HI/c1-13-5-3-7-16-21-14(12-22(13)16)11-20-17(18-2)19-9-8-15-6-4-10-23-15;/h3-7,10,12H,8-9,11H2,1-2H3,(H2,18,19,20);1H. The molecular weight excluding hydrogens is 417 g/mol. The minimum atomic E-state index is 0. The number of hydrogen-bond acceptors (Lipinski definition) is 3. The predicted molar refractivity (Wildman–Crippen MR) is 106 cm³/mol. The molecule has 0 saturated carbocycles. The number of aromatic nitrogens is 2. The van der Waals surface area contributed by atoms with Crippen LogP contribution in [0.4, 0.5) is 0 Å². The highest BCUT2D eigenvalue weighted by Gasteiger charge is 2.04. The van der Waals surface area contributed by atoms with Crippen molar-refractivity contribution in [2.75, 3.05) is 13.6 Å². The van der Waals surface area contributed by atoms with Crippen molar-refractivity contribution in [2.45, 2.75) is 19.9 Å². The summed E-state index contributed by atoms with van der Waals surface area (Å²) in [4.78, 5) is 8.83. The Bertz CT molecular complexity index is 795. The zero-order chi connectivity index (χ0) is 16.1. The van der Waals surface area contributed by atoms with Crippen LogP contribution < -0.4 is 10.6 Å². The van der Waals surface area contributed by atoms with Crippen molar-refractivity contribution in [3.8, 4) is 0 Å². The molecule has 0 bridgehead atoms. The molecule has 0 aliphatic rings. The molecule has 0 atom stereocenters. The number of halogens is 1. The van der Waals surface area contributed by atoms with Crippen LogP contribution in [-0.4, -0.2) is 28.9 Å². The minimum Gasteiger partial charge on any atom is -0.469 e. The van der Waals surface area contributed by atoms with Gasteiger partial charge in [-0.1, -0.05) is 6.07 Å². The largest absolute Gasteiger partial charge is 0.469 e. The van der Waals surface area contributed by atoms with Crippen molar-refractivity contribution in [3.05, 3.63) is 59.9 Å². The van der Waals surface area contributed by atoms with Crippen LogP contribution in [0.5, 0.6) is 0 Å². The Balaban J connectivity index is 0.00000208. The Morgan fingerprint density at radius 1 is 1.25 bits per heavy atom. The number of aryl methyl sites for hydroxylation is 1. The van der Waals surface area contributed by atoms with Crippen molar-refractivity contribution in [3.63, 3.8) is 0 Å². The van der Waals surface area contributed by atoms with E-state index in [1.807, 2.05) is 30.5 Å². The quantitative estimate of drug-likeness (QED) is 0.365. The lowest BCUT2D eigenvalue weighted by molar-refractivity contribution is 0.507. The summed E-state index contributed by atoms with van der Waals surface area (Å²) in [5.41, 5.74) is 3.11. The normalized spacial score (nSPS) is 11.3. The van der Waals surface area contributed by atoms with Gasteiger partial charge in [-0.05, 0) is 31.2 Å². The second kappa shape index (κ2) is 8.72. The summed E-state index contributed by atoms with van der Waals surface area (Å²) in [6.45, 7) is 3.46. The van der Waals surface area contributed by atoms with Gasteiger partial charge in [0.1, 0.15) is 11.4 Å². The number of rotatable bonds is 5. The van der Waals surface area contributed by atoms with Crippen molar-refractivity contribution in [2.24, 2.45) is 4.99 Å². The first-order valence-electron chi connectivity index (χ1n) is 7.67. The molecule has 3 rings (SSSR count). The van der Waals surface area contributed by atoms with E-state index in [4.69, 9.17) is 4.42 Å². The Morgan fingerprint density at radius 2 is 2.12 bits per heavy atom. The van der Waals surface area contributed by atoms with E-state index in [0.717, 1.165) is 36.0 Å². The summed E-state index contributed by atoms with van der Waals surface area (Å²) in [5, 5.41) is 6.55. The molecular formula is C17H22IN5O. The number of nitrogens with zero attached hydrogens (tertiary/aromatic N) is 3. The van der Waals surface area contributed by atoms with Gasteiger partial charge in [-0.3, -0.25) is 4.99 Å². The van der Waals surface area contributed by atoms with Crippen LogP contribution in [-0.2, 0) is 13.0 Å². The molecule has 3 aromatic rings. The van der Waals surface area contributed by atoms with Gasteiger partial charge >= 0.3 is 0 Å². The van der Waals surface area contributed by atoms with Gasteiger partial charge in [-0.15, -0.1) is 24.0 Å². The SMILES string of the molecule is CN=C(NCCc1ccco1)NCc1cn2c(C)cccc2n1.I. The highest BCUT2D eigenvalue weighted by molar-refractivity contribution is 14.0. The third kappa shape index (κ3) is 4.50. The van der Waals surface area contributed by atoms with Crippen molar-refractivity contribution in [1.29, 1.82) is 0 Å². The number of guanidine groups is 1. The summed E-state index contributed by atoms with van der Waals surface area (Å²) in [5.74, 6) is 1.72. The van der Waals surface area contributed by atoms with E-state index in [1.165, 1.54) is 5.69 Å². The molecule has 3 aromatic heterocycles. The van der Waals surface area contributed by atoms with Gasteiger partial charge in [0, 0.05) is 31.9 Å². The molecule has 0 aliphatic carbocycles. The van der Waals surface area contributed by atoms with Crippen LogP contribution in [0.25, 0.3) is 5.65 Å². The van der Waals surface area contributed by atoms with E-state index in [9.17, 15) is 0 Å². The van der Waals surface area contributed by atoms with Crippen molar-refractivity contribution < 1.29 is 4.42 Å². The molecule has 0 aliphatic heterocycles. The van der Waals surface area contributed by atoms with Crippen LogP contribution in [0, 0.1) is 6.92 Å². The lowest BCUT2D eigenvalue weighted by Gasteiger charge is -2.10. The summed E-state index contributed by atoms with van der Waals surface area (Å²) in [6, 6.07) is 9.96. The summed E-state index contributed by atoms with van der Waals surface area (Å²) < 4.78 is 7.40. The molecule has 128 valence electrons. The summed E-state index contributed by atoms with van der Waals surface area (Å²) in [6.07, 6.45) is 4.56. The first-order chi connectivity index (χ1) is 11.3. The Morgan fingerprint density at radius 3 is 2.83 bits per heavy atom. The van der Waals surface area contributed by atoms with Crippen LogP contribution in [0.3, 0.4) is 0 Å². The molecule has 0 aromatic carbocycles. The zero-order valence-corrected chi connectivity index (χ0v) is 16.2. The Hall–Kier alpha value is -2.03. The van der Waals surface area contributed by atoms with E-state index in [-0.39, 0.29) is 24.0 Å². The highest BCUT2D eigenvalue weighted by Crippen LogP contribution is 2.08. The maximum Gasteiger partial charge on any atom is 0.191 e. The smallest absolute Gasteiger partial charge is 0.191 e. The molecule has 0 unspecified atom stereocenters. The van der Waals surface area contributed by atoms with Crippen molar-refractivity contribution >= 4 is 35.6 Å². The van der Waals surface area contributed by atoms with Crippen LogP contribution in [0.2, 0.25) is 0 Å². The van der Waals surface area contributed by atoms with Gasteiger partial charge in [-0.2, -0.15) is 0 Å². The average Bonchev–Trinajstić information content (AvgIpc) is 3.20. The Labute approximate surface area is 158 Å². The van der Waals surface area contributed by atoms with Gasteiger partial charge in [0.2, 0.25) is 0 Å². The number of nitrogens with one attached hydrogen (secondary N) is 2. The topological polar surface area (TPSA) is 66.9 Å². The van der Waals surface area contributed by atoms with Crippen LogP contribution in [0.1, 0.15) is 17.1 Å². The Kier molecular flexibility index (Phi) is 6.65. The third-order valence-corrected chi connectivity index (χ3v) is 3.65. The molecule has 0 fully saturated rings. The maximum atomic E-state index is 5.31. The summed E-state index contributed by atoms with van der Waals surface area (Å²) in [7, 11) is 1.76. The highest BCUT2D eigenvalue weighted by atomic mass is 127. The molecule has 0 saturated heterocycles. The van der Waals surface area contributed by atoms with Crippen LogP contribution >= 0.6 is 24.0 Å². The fraction of sp³-hybridized carbons (Fsp3) is 0.294. The van der Waals surface area contributed by atoms with Gasteiger partial charge in [-0.25, -0.2) is 4.98 Å². The molecule has 2 N–H and O–H groups in total. The van der Waals surface area contributed by atoms with Gasteiger partial charge in [0.05, 0.1) is 18.5 Å². The molecule has 0 amide bonds. The molecule has 7 heteroatoms. The number of furan rings is 1. The number of imidazole rings is 1. The third-order valence-electron chi connectivity index (χ3n) is 3.65. The maximum absolute atomic E-state index is 5.31. The first-order valence-corrected chi connectivity index (χ1v) is 7.67. The van der Waals surface area contributed by atoms with E-state index < -0.39 is 0 Å². The van der Waals surface area contributed by atoms with E-state index in [2.05, 4.69) is 38.0 Å². The molecule has 0 spiro atoms. The number of pyridine rings is 1. The fourth-order valence-corrected chi connectivity index (χ4v) is 2.44. The molecule has 24 heavy (non-hydrogen) atoms. The second-order valence-electron chi connectivity index (χ2n) is 5.31. The van der Waals surface area contributed by atoms with Gasteiger partial charge < -0.3 is 19.5 Å². The van der Waals surface area contributed by atoms with E-state index in [1.54, 1.807) is 13.3 Å². The fourth-order valence-electron chi connectivity index (χ4n) is 2.44. The zero-order valence-electron chi connectivity index (χ0n) is 13.8. The van der Waals surface area contributed by atoms with Crippen LogP contribution in [0.15, 0.2) is 52.2 Å². The minimum absolute atomic E-state index is 0. The van der Waals surface area contributed by atoms with E-state index >= 15 is 0 Å². The van der Waals surface area contributed by atoms with E-state index in [0.29, 0.717) is 6.54 Å². The number of aliphatic imine (C=N–C) groups is 1. The lowest BCUT2D eigenvalue weighted by Crippen LogP contribution is -2.37.